The lowest BCUT2D eigenvalue weighted by Gasteiger charge is -2.13. The summed E-state index contributed by atoms with van der Waals surface area (Å²) in [6.45, 7) is 0.283. The summed E-state index contributed by atoms with van der Waals surface area (Å²) in [5.74, 6) is 0. The molecule has 4 nitrogen and oxygen atoms in total. The van der Waals surface area contributed by atoms with Crippen LogP contribution in [0.15, 0.2) is 59.5 Å². The van der Waals surface area contributed by atoms with E-state index in [0.29, 0.717) is 0 Å². The van der Waals surface area contributed by atoms with Crippen molar-refractivity contribution in [1.82, 2.24) is 4.72 Å². The van der Waals surface area contributed by atoms with Crippen LogP contribution in [0.3, 0.4) is 0 Å². The Bertz CT molecular complexity index is 650. The largest absolute Gasteiger partial charge is 0.378 e. The molecule has 5 heteroatoms. The summed E-state index contributed by atoms with van der Waals surface area (Å²) in [6.07, 6.45) is 0. The lowest BCUT2D eigenvalue weighted by Crippen LogP contribution is -2.23. The number of hydrogen-bond acceptors (Lipinski definition) is 3. The zero-order valence-corrected chi connectivity index (χ0v) is 12.4. The predicted octanol–water partition coefficient (Wildman–Crippen LogP) is 2.23. The average Bonchev–Trinajstić information content (AvgIpc) is 2.46. The number of nitrogens with one attached hydrogen (secondary N) is 1. The summed E-state index contributed by atoms with van der Waals surface area (Å²) in [5, 5.41) is 0. The van der Waals surface area contributed by atoms with Crippen LogP contribution >= 0.6 is 0 Å². The maximum atomic E-state index is 12.1. The van der Waals surface area contributed by atoms with E-state index in [1.807, 2.05) is 43.3 Å². The van der Waals surface area contributed by atoms with Gasteiger partial charge in [0.15, 0.2) is 0 Å². The molecule has 0 spiro atoms. The molecule has 1 N–H and O–H groups in total. The van der Waals surface area contributed by atoms with Gasteiger partial charge in [-0.3, -0.25) is 0 Å². The van der Waals surface area contributed by atoms with E-state index in [0.717, 1.165) is 11.3 Å². The Morgan fingerprint density at radius 1 is 0.950 bits per heavy atom. The van der Waals surface area contributed by atoms with E-state index in [-0.39, 0.29) is 11.4 Å². The molecule has 0 radical (unpaired) electrons. The molecule has 0 aliphatic rings. The molecule has 0 saturated heterocycles. The SMILES string of the molecule is CN(C)c1ccc(CNS(=O)(=O)c2ccccc2)cc1. The zero-order valence-electron chi connectivity index (χ0n) is 11.6. The van der Waals surface area contributed by atoms with Gasteiger partial charge in [0.05, 0.1) is 4.90 Å². The van der Waals surface area contributed by atoms with Gasteiger partial charge < -0.3 is 4.90 Å². The number of sulfonamides is 1. The van der Waals surface area contributed by atoms with Crippen molar-refractivity contribution in [3.63, 3.8) is 0 Å². The summed E-state index contributed by atoms with van der Waals surface area (Å²) in [4.78, 5) is 2.28. The smallest absolute Gasteiger partial charge is 0.240 e. The van der Waals surface area contributed by atoms with E-state index in [2.05, 4.69) is 4.72 Å². The number of rotatable bonds is 5. The van der Waals surface area contributed by atoms with Gasteiger partial charge in [0.2, 0.25) is 10.0 Å². The molecule has 0 bridgehead atoms. The fraction of sp³-hybridized carbons (Fsp3) is 0.200. The summed E-state index contributed by atoms with van der Waals surface area (Å²) in [5.41, 5.74) is 2.01. The highest BCUT2D eigenvalue weighted by Gasteiger charge is 2.12. The lowest BCUT2D eigenvalue weighted by molar-refractivity contribution is 0.581. The molecule has 0 aliphatic heterocycles. The molecule has 0 saturated carbocycles. The van der Waals surface area contributed by atoms with Gasteiger partial charge in [-0.25, -0.2) is 13.1 Å². The van der Waals surface area contributed by atoms with Crippen LogP contribution in [0, 0.1) is 0 Å². The highest BCUT2D eigenvalue weighted by atomic mass is 32.2. The average molecular weight is 290 g/mol. The third-order valence-corrected chi connectivity index (χ3v) is 4.39. The molecule has 106 valence electrons. The normalized spacial score (nSPS) is 11.3. The van der Waals surface area contributed by atoms with Gasteiger partial charge in [-0.1, -0.05) is 30.3 Å². The monoisotopic (exact) mass is 290 g/mol. The fourth-order valence-electron chi connectivity index (χ4n) is 1.77. The van der Waals surface area contributed by atoms with E-state index >= 15 is 0 Å². The third-order valence-electron chi connectivity index (χ3n) is 2.97. The Labute approximate surface area is 120 Å². The van der Waals surface area contributed by atoms with E-state index in [1.54, 1.807) is 30.3 Å². The van der Waals surface area contributed by atoms with Crippen molar-refractivity contribution >= 4 is 15.7 Å². The number of hydrogen-bond donors (Lipinski definition) is 1. The molecule has 2 aromatic rings. The van der Waals surface area contributed by atoms with E-state index < -0.39 is 10.0 Å². The Kier molecular flexibility index (Phi) is 4.42. The summed E-state index contributed by atoms with van der Waals surface area (Å²) in [6, 6.07) is 16.1. The van der Waals surface area contributed by atoms with E-state index in [1.165, 1.54) is 0 Å². The number of anilines is 1. The van der Waals surface area contributed by atoms with Gasteiger partial charge in [-0.15, -0.1) is 0 Å². The van der Waals surface area contributed by atoms with Crippen LogP contribution in [0.25, 0.3) is 0 Å². The fourth-order valence-corrected chi connectivity index (χ4v) is 2.81. The van der Waals surface area contributed by atoms with Gasteiger partial charge in [0, 0.05) is 26.3 Å². The van der Waals surface area contributed by atoms with Crippen molar-refractivity contribution in [3.8, 4) is 0 Å². The van der Waals surface area contributed by atoms with Crippen LogP contribution in [-0.2, 0) is 16.6 Å². The van der Waals surface area contributed by atoms with Crippen LogP contribution < -0.4 is 9.62 Å². The summed E-state index contributed by atoms with van der Waals surface area (Å²) in [7, 11) is 0.485. The molecular formula is C15H18N2O2S. The molecule has 0 unspecified atom stereocenters. The maximum Gasteiger partial charge on any atom is 0.240 e. The minimum absolute atomic E-state index is 0.282. The molecule has 0 fully saturated rings. The molecule has 0 aromatic heterocycles. The highest BCUT2D eigenvalue weighted by Crippen LogP contribution is 2.13. The molecule has 20 heavy (non-hydrogen) atoms. The second kappa shape index (κ2) is 6.07. The van der Waals surface area contributed by atoms with Crippen LogP contribution in [0.5, 0.6) is 0 Å². The Balaban J connectivity index is 2.05. The van der Waals surface area contributed by atoms with Crippen LogP contribution in [0.1, 0.15) is 5.56 Å². The minimum Gasteiger partial charge on any atom is -0.378 e. The Morgan fingerprint density at radius 2 is 1.55 bits per heavy atom. The Hall–Kier alpha value is -1.85. The summed E-state index contributed by atoms with van der Waals surface area (Å²) < 4.78 is 26.7. The first kappa shape index (κ1) is 14.6. The first-order chi connectivity index (χ1) is 9.49. The summed E-state index contributed by atoms with van der Waals surface area (Å²) >= 11 is 0. The quantitative estimate of drug-likeness (QED) is 0.918. The minimum atomic E-state index is -3.45. The van der Waals surface area contributed by atoms with Gasteiger partial charge in [0.1, 0.15) is 0 Å². The van der Waals surface area contributed by atoms with Crippen molar-refractivity contribution in [2.24, 2.45) is 0 Å². The molecule has 0 atom stereocenters. The van der Waals surface area contributed by atoms with Crippen LogP contribution in [-0.4, -0.2) is 22.5 Å². The third kappa shape index (κ3) is 3.59. The van der Waals surface area contributed by atoms with E-state index in [4.69, 9.17) is 0 Å². The van der Waals surface area contributed by atoms with Crippen molar-refractivity contribution in [2.75, 3.05) is 19.0 Å². The van der Waals surface area contributed by atoms with Crippen LogP contribution in [0.2, 0.25) is 0 Å². The van der Waals surface area contributed by atoms with E-state index in [9.17, 15) is 8.42 Å². The molecule has 0 heterocycles. The van der Waals surface area contributed by atoms with Gasteiger partial charge in [0.25, 0.3) is 0 Å². The molecule has 2 rings (SSSR count). The molecule has 0 amide bonds. The van der Waals surface area contributed by atoms with Crippen molar-refractivity contribution in [2.45, 2.75) is 11.4 Å². The number of nitrogens with zero attached hydrogens (tertiary/aromatic N) is 1. The predicted molar refractivity (Wildman–Crippen MR) is 81.2 cm³/mol. The second-order valence-corrected chi connectivity index (χ2v) is 6.47. The number of benzene rings is 2. The van der Waals surface area contributed by atoms with Gasteiger partial charge >= 0.3 is 0 Å². The second-order valence-electron chi connectivity index (χ2n) is 4.70. The standard InChI is InChI=1S/C15H18N2O2S/c1-17(2)14-10-8-13(9-11-14)12-16-20(18,19)15-6-4-3-5-7-15/h3-11,16H,12H2,1-2H3. The zero-order chi connectivity index (χ0) is 14.6. The topological polar surface area (TPSA) is 49.4 Å². The van der Waals surface area contributed by atoms with Crippen molar-refractivity contribution in [3.05, 3.63) is 60.2 Å². The highest BCUT2D eigenvalue weighted by molar-refractivity contribution is 7.89. The first-order valence-corrected chi connectivity index (χ1v) is 7.78. The van der Waals surface area contributed by atoms with Crippen molar-refractivity contribution < 1.29 is 8.42 Å². The van der Waals surface area contributed by atoms with Gasteiger partial charge in [-0.05, 0) is 29.8 Å². The van der Waals surface area contributed by atoms with Crippen molar-refractivity contribution in [1.29, 1.82) is 0 Å². The first-order valence-electron chi connectivity index (χ1n) is 6.30. The van der Waals surface area contributed by atoms with Gasteiger partial charge in [-0.2, -0.15) is 0 Å². The molecule has 2 aromatic carbocycles. The molecular weight excluding hydrogens is 272 g/mol. The lowest BCUT2D eigenvalue weighted by atomic mass is 10.2. The molecule has 0 aliphatic carbocycles. The van der Waals surface area contributed by atoms with Crippen LogP contribution in [0.4, 0.5) is 5.69 Å². The Morgan fingerprint density at radius 3 is 2.10 bits per heavy atom. The maximum absolute atomic E-state index is 12.1.